The van der Waals surface area contributed by atoms with Crippen LogP contribution in [0.25, 0.3) is 0 Å². The third kappa shape index (κ3) is 3.89. The van der Waals surface area contributed by atoms with E-state index in [0.717, 1.165) is 12.3 Å². The Morgan fingerprint density at radius 1 is 1.36 bits per heavy atom. The molecule has 1 aromatic heterocycles. The molecule has 0 spiro atoms. The highest BCUT2D eigenvalue weighted by molar-refractivity contribution is 7.90. The summed E-state index contributed by atoms with van der Waals surface area (Å²) in [7, 11) is -3.36. The van der Waals surface area contributed by atoms with Crippen molar-refractivity contribution in [3.05, 3.63) is 23.9 Å². The predicted molar refractivity (Wildman–Crippen MR) is 77.0 cm³/mol. The lowest BCUT2D eigenvalue weighted by Crippen LogP contribution is -2.40. The molecule has 0 aromatic carbocycles. The van der Waals surface area contributed by atoms with Crippen LogP contribution in [0.1, 0.15) is 25.8 Å². The van der Waals surface area contributed by atoms with Gasteiger partial charge in [-0.25, -0.2) is 18.1 Å². The fraction of sp³-hybridized carbons (Fsp3) is 0.615. The maximum atomic E-state index is 12.5. The summed E-state index contributed by atoms with van der Waals surface area (Å²) in [4.78, 5) is 5.59. The Kier molecular flexibility index (Phi) is 4.67. The first-order chi connectivity index (χ1) is 10.1. The van der Waals surface area contributed by atoms with E-state index in [9.17, 15) is 21.6 Å². The van der Waals surface area contributed by atoms with Crippen LogP contribution < -0.4 is 9.62 Å². The van der Waals surface area contributed by atoms with Crippen LogP contribution in [0.2, 0.25) is 0 Å². The van der Waals surface area contributed by atoms with Crippen LogP contribution in [0.5, 0.6) is 0 Å². The Labute approximate surface area is 127 Å². The molecule has 2 rings (SSSR count). The molecule has 5 nitrogen and oxygen atoms in total. The molecule has 1 aliphatic heterocycles. The Balaban J connectivity index is 2.02. The first-order valence-electron chi connectivity index (χ1n) is 6.89. The van der Waals surface area contributed by atoms with Crippen LogP contribution in [-0.4, -0.2) is 37.8 Å². The molecule has 1 unspecified atom stereocenters. The third-order valence-corrected chi connectivity index (χ3v) is 5.44. The van der Waals surface area contributed by atoms with Gasteiger partial charge >= 0.3 is 6.18 Å². The third-order valence-electron chi connectivity index (χ3n) is 3.54. The highest BCUT2D eigenvalue weighted by Crippen LogP contribution is 2.29. The summed E-state index contributed by atoms with van der Waals surface area (Å²) in [5, 5.41) is -0.522. The van der Waals surface area contributed by atoms with Gasteiger partial charge in [-0.1, -0.05) is 0 Å². The van der Waals surface area contributed by atoms with E-state index >= 15 is 0 Å². The number of nitrogens with one attached hydrogen (secondary N) is 1. The van der Waals surface area contributed by atoms with E-state index in [1.807, 2.05) is 0 Å². The molecule has 1 fully saturated rings. The number of halogens is 3. The van der Waals surface area contributed by atoms with Gasteiger partial charge in [-0.3, -0.25) is 0 Å². The molecule has 0 saturated carbocycles. The van der Waals surface area contributed by atoms with E-state index in [2.05, 4.69) is 9.71 Å². The molecule has 2 heterocycles. The van der Waals surface area contributed by atoms with Gasteiger partial charge in [0.1, 0.15) is 5.82 Å². The van der Waals surface area contributed by atoms with Gasteiger partial charge in [-0.15, -0.1) is 0 Å². The second-order valence-corrected chi connectivity index (χ2v) is 7.81. The van der Waals surface area contributed by atoms with Crippen molar-refractivity contribution in [3.63, 3.8) is 0 Å². The summed E-state index contributed by atoms with van der Waals surface area (Å²) in [6, 6.07) is 2.03. The van der Waals surface area contributed by atoms with Crippen molar-refractivity contribution in [2.24, 2.45) is 0 Å². The smallest absolute Gasteiger partial charge is 0.355 e. The van der Waals surface area contributed by atoms with Gasteiger partial charge < -0.3 is 4.90 Å². The van der Waals surface area contributed by atoms with Crippen molar-refractivity contribution in [1.82, 2.24) is 9.71 Å². The number of pyridine rings is 1. The van der Waals surface area contributed by atoms with Crippen LogP contribution in [0.4, 0.5) is 19.0 Å². The van der Waals surface area contributed by atoms with Gasteiger partial charge in [0.25, 0.3) is 0 Å². The molecule has 9 heteroatoms. The predicted octanol–water partition coefficient (Wildman–Crippen LogP) is 2.01. The van der Waals surface area contributed by atoms with Crippen molar-refractivity contribution in [1.29, 1.82) is 0 Å². The quantitative estimate of drug-likeness (QED) is 0.913. The number of hydrogen-bond acceptors (Lipinski definition) is 4. The molecule has 22 heavy (non-hydrogen) atoms. The number of nitrogens with zero attached hydrogens (tertiary/aromatic N) is 2. The molecule has 1 N–H and O–H groups in total. The molecular formula is C13H18F3N3O2S. The topological polar surface area (TPSA) is 62.3 Å². The lowest BCUT2D eigenvalue weighted by Gasteiger charge is -2.19. The van der Waals surface area contributed by atoms with Gasteiger partial charge in [0.2, 0.25) is 10.0 Å². The average molecular weight is 337 g/mol. The molecule has 1 saturated heterocycles. The summed E-state index contributed by atoms with van der Waals surface area (Å²) < 4.78 is 63.7. The Bertz CT molecular complexity index is 614. The van der Waals surface area contributed by atoms with Gasteiger partial charge in [0, 0.05) is 25.3 Å². The standard InChI is InChI=1S/C13H18F3N3O2S/c1-9(2)22(20,21)18-11-5-6-19(8-11)12-4-3-10(7-17-12)13(14,15)16/h3-4,7,9,11,18H,5-6,8H2,1-2H3. The van der Waals surface area contributed by atoms with Gasteiger partial charge in [-0.2, -0.15) is 13.2 Å². The molecule has 0 aliphatic carbocycles. The second kappa shape index (κ2) is 6.04. The van der Waals surface area contributed by atoms with E-state index in [-0.39, 0.29) is 6.04 Å². The number of hydrogen-bond donors (Lipinski definition) is 1. The maximum Gasteiger partial charge on any atom is 0.417 e. The fourth-order valence-electron chi connectivity index (χ4n) is 2.17. The molecular weight excluding hydrogens is 319 g/mol. The van der Waals surface area contributed by atoms with Crippen LogP contribution >= 0.6 is 0 Å². The molecule has 124 valence electrons. The normalized spacial score (nSPS) is 19.9. The van der Waals surface area contributed by atoms with Crippen LogP contribution in [0.15, 0.2) is 18.3 Å². The SMILES string of the molecule is CC(C)S(=O)(=O)NC1CCN(c2ccc(C(F)(F)F)cn2)C1. The molecule has 0 radical (unpaired) electrons. The lowest BCUT2D eigenvalue weighted by molar-refractivity contribution is -0.137. The highest BCUT2D eigenvalue weighted by Gasteiger charge is 2.32. The number of aromatic nitrogens is 1. The van der Waals surface area contributed by atoms with Gasteiger partial charge in [0.05, 0.1) is 10.8 Å². The number of alkyl halides is 3. The zero-order chi connectivity index (χ0) is 16.5. The van der Waals surface area contributed by atoms with Gasteiger partial charge in [0.15, 0.2) is 0 Å². The maximum absolute atomic E-state index is 12.5. The first-order valence-corrected chi connectivity index (χ1v) is 8.43. The van der Waals surface area contributed by atoms with Crippen molar-refractivity contribution in [2.45, 2.75) is 37.7 Å². The van der Waals surface area contributed by atoms with E-state index in [1.165, 1.54) is 6.07 Å². The van der Waals surface area contributed by atoms with Crippen LogP contribution in [0.3, 0.4) is 0 Å². The summed E-state index contributed by atoms with van der Waals surface area (Å²) in [5.41, 5.74) is -0.799. The van der Waals surface area contributed by atoms with E-state index in [0.29, 0.717) is 25.3 Å². The Morgan fingerprint density at radius 3 is 2.55 bits per heavy atom. The Hall–Kier alpha value is -1.35. The lowest BCUT2D eigenvalue weighted by atomic mass is 10.3. The van der Waals surface area contributed by atoms with Crippen molar-refractivity contribution in [3.8, 4) is 0 Å². The Morgan fingerprint density at radius 2 is 2.05 bits per heavy atom. The zero-order valence-corrected chi connectivity index (χ0v) is 13.1. The second-order valence-electron chi connectivity index (χ2n) is 5.55. The van der Waals surface area contributed by atoms with Crippen molar-refractivity contribution in [2.75, 3.05) is 18.0 Å². The van der Waals surface area contributed by atoms with E-state index in [1.54, 1.807) is 18.7 Å². The van der Waals surface area contributed by atoms with Crippen molar-refractivity contribution >= 4 is 15.8 Å². The van der Waals surface area contributed by atoms with Gasteiger partial charge in [-0.05, 0) is 32.4 Å². The molecule has 0 amide bonds. The zero-order valence-electron chi connectivity index (χ0n) is 12.3. The van der Waals surface area contributed by atoms with Crippen LogP contribution in [0, 0.1) is 0 Å². The highest BCUT2D eigenvalue weighted by atomic mass is 32.2. The monoisotopic (exact) mass is 337 g/mol. The minimum absolute atomic E-state index is 0.253. The summed E-state index contributed by atoms with van der Waals surface area (Å²) in [5.74, 6) is 0.416. The molecule has 1 aromatic rings. The van der Waals surface area contributed by atoms with Crippen LogP contribution in [-0.2, 0) is 16.2 Å². The minimum atomic E-state index is -4.41. The summed E-state index contributed by atoms with van der Waals surface area (Å²) in [6.07, 6.45) is -3.03. The number of anilines is 1. The molecule has 0 bridgehead atoms. The first kappa shape index (κ1) is 17.0. The fourth-order valence-corrected chi connectivity index (χ4v) is 3.10. The molecule has 1 aliphatic rings. The van der Waals surface area contributed by atoms with Crippen molar-refractivity contribution < 1.29 is 21.6 Å². The average Bonchev–Trinajstić information content (AvgIpc) is 2.85. The van der Waals surface area contributed by atoms with E-state index in [4.69, 9.17) is 0 Å². The largest absolute Gasteiger partial charge is 0.417 e. The number of sulfonamides is 1. The molecule has 1 atom stereocenters. The van der Waals surface area contributed by atoms with E-state index < -0.39 is 27.0 Å². The minimum Gasteiger partial charge on any atom is -0.355 e. The summed E-state index contributed by atoms with van der Waals surface area (Å²) in [6.45, 7) is 4.12. The summed E-state index contributed by atoms with van der Waals surface area (Å²) >= 11 is 0. The number of rotatable bonds is 4.